The van der Waals surface area contributed by atoms with Gasteiger partial charge in [0.15, 0.2) is 0 Å². The highest BCUT2D eigenvalue weighted by atomic mass is 32.1. The smallest absolute Gasteiger partial charge is 0.322 e. The molecule has 1 rings (SSSR count). The van der Waals surface area contributed by atoms with Crippen LogP contribution >= 0.6 is 11.3 Å². The van der Waals surface area contributed by atoms with Crippen molar-refractivity contribution in [3.8, 4) is 5.75 Å². The molecule has 0 aromatic carbocycles. The van der Waals surface area contributed by atoms with E-state index in [4.69, 9.17) is 9.84 Å². The second kappa shape index (κ2) is 5.65. The van der Waals surface area contributed by atoms with E-state index in [0.29, 0.717) is 5.75 Å². The summed E-state index contributed by atoms with van der Waals surface area (Å²) in [6, 6.07) is 0. The van der Waals surface area contributed by atoms with Gasteiger partial charge in [-0.05, 0) is 18.2 Å². The van der Waals surface area contributed by atoms with Crippen molar-refractivity contribution in [1.29, 1.82) is 0 Å². The summed E-state index contributed by atoms with van der Waals surface area (Å²) in [6.07, 6.45) is 0.953. The first-order valence-corrected chi connectivity index (χ1v) is 5.98. The number of carbonyl (C=O) groups excluding carboxylic acids is 1. The van der Waals surface area contributed by atoms with Gasteiger partial charge >= 0.3 is 11.9 Å². The molecule has 0 bridgehead atoms. The molecule has 0 aliphatic heterocycles. The monoisotopic (exact) mass is 242 g/mol. The molecular weight excluding hydrogens is 228 g/mol. The third-order valence-corrected chi connectivity index (χ3v) is 3.26. The summed E-state index contributed by atoms with van der Waals surface area (Å²) >= 11 is 1.54. The molecule has 0 radical (unpaired) electrons. The van der Waals surface area contributed by atoms with Crippen molar-refractivity contribution in [1.82, 2.24) is 0 Å². The van der Waals surface area contributed by atoms with E-state index in [1.165, 1.54) is 11.3 Å². The topological polar surface area (TPSA) is 63.6 Å². The maximum absolute atomic E-state index is 11.3. The van der Waals surface area contributed by atoms with Gasteiger partial charge in [0.2, 0.25) is 0 Å². The lowest BCUT2D eigenvalue weighted by molar-refractivity contribution is -0.145. The van der Waals surface area contributed by atoms with Crippen molar-refractivity contribution in [2.24, 2.45) is 0 Å². The van der Waals surface area contributed by atoms with Crippen LogP contribution in [0.3, 0.4) is 0 Å². The maximum Gasteiger partial charge on any atom is 0.322 e. The molecule has 0 atom stereocenters. The highest BCUT2D eigenvalue weighted by molar-refractivity contribution is 7.10. The van der Waals surface area contributed by atoms with Crippen LogP contribution in [0.5, 0.6) is 5.75 Å². The van der Waals surface area contributed by atoms with Gasteiger partial charge in [-0.2, -0.15) is 0 Å². The van der Waals surface area contributed by atoms with E-state index in [9.17, 15) is 9.59 Å². The molecule has 0 aliphatic carbocycles. The number of esters is 1. The number of carboxylic acid groups (broad SMARTS) is 1. The summed E-state index contributed by atoms with van der Waals surface area (Å²) in [7, 11) is 0. The van der Waals surface area contributed by atoms with Crippen molar-refractivity contribution in [2.75, 3.05) is 0 Å². The van der Waals surface area contributed by atoms with Crippen LogP contribution in [-0.4, -0.2) is 17.0 Å². The molecule has 16 heavy (non-hydrogen) atoms. The number of thiophene rings is 1. The molecule has 0 unspecified atom stereocenters. The van der Waals surface area contributed by atoms with E-state index in [2.05, 4.69) is 0 Å². The average Bonchev–Trinajstić information content (AvgIpc) is 2.58. The summed E-state index contributed by atoms with van der Waals surface area (Å²) in [6.45, 7) is 3.94. The molecule has 0 amide bonds. The van der Waals surface area contributed by atoms with Gasteiger partial charge in [0.05, 0.1) is 0 Å². The van der Waals surface area contributed by atoms with Crippen LogP contribution in [0.25, 0.3) is 0 Å². The standard InChI is InChI=1S/C11H14O4S/c1-3-7-6-16-8(4-2)11(7)15-10(14)5-9(12)13/h6H,3-5H2,1-2H3,(H,12,13). The summed E-state index contributed by atoms with van der Waals surface area (Å²) < 4.78 is 5.10. The zero-order chi connectivity index (χ0) is 12.1. The van der Waals surface area contributed by atoms with Gasteiger partial charge in [-0.3, -0.25) is 9.59 Å². The molecule has 0 fully saturated rings. The van der Waals surface area contributed by atoms with Gasteiger partial charge in [-0.25, -0.2) is 0 Å². The van der Waals surface area contributed by atoms with Crippen molar-refractivity contribution < 1.29 is 19.4 Å². The number of carbonyl (C=O) groups is 2. The number of rotatable bonds is 5. The van der Waals surface area contributed by atoms with Crippen LogP contribution in [0, 0.1) is 0 Å². The van der Waals surface area contributed by atoms with E-state index in [-0.39, 0.29) is 0 Å². The van der Waals surface area contributed by atoms with E-state index < -0.39 is 18.4 Å². The molecule has 5 heteroatoms. The van der Waals surface area contributed by atoms with E-state index >= 15 is 0 Å². The van der Waals surface area contributed by atoms with Crippen LogP contribution in [0.4, 0.5) is 0 Å². The Labute approximate surface area is 97.9 Å². The van der Waals surface area contributed by atoms with Gasteiger partial charge < -0.3 is 9.84 Å². The Kier molecular flexibility index (Phi) is 4.49. The van der Waals surface area contributed by atoms with Crippen LogP contribution in [-0.2, 0) is 22.4 Å². The van der Waals surface area contributed by atoms with Crippen LogP contribution in [0.1, 0.15) is 30.7 Å². The van der Waals surface area contributed by atoms with Crippen LogP contribution < -0.4 is 4.74 Å². The molecular formula is C11H14O4S. The minimum atomic E-state index is -1.17. The molecule has 0 aliphatic rings. The lowest BCUT2D eigenvalue weighted by Gasteiger charge is -2.05. The number of aryl methyl sites for hydroxylation is 2. The highest BCUT2D eigenvalue weighted by Gasteiger charge is 2.16. The fourth-order valence-corrected chi connectivity index (χ4v) is 2.32. The first-order chi connectivity index (χ1) is 7.58. The van der Waals surface area contributed by atoms with Crippen molar-refractivity contribution >= 4 is 23.3 Å². The summed E-state index contributed by atoms with van der Waals surface area (Å²) in [5.74, 6) is -1.33. The van der Waals surface area contributed by atoms with Gasteiger partial charge in [-0.15, -0.1) is 11.3 Å². The Morgan fingerprint density at radius 3 is 2.56 bits per heavy atom. The van der Waals surface area contributed by atoms with E-state index in [1.807, 2.05) is 19.2 Å². The molecule has 1 N–H and O–H groups in total. The predicted molar refractivity (Wildman–Crippen MR) is 61.0 cm³/mol. The van der Waals surface area contributed by atoms with Crippen molar-refractivity contribution in [2.45, 2.75) is 33.1 Å². The zero-order valence-electron chi connectivity index (χ0n) is 9.28. The van der Waals surface area contributed by atoms with Crippen molar-refractivity contribution in [3.63, 3.8) is 0 Å². The molecule has 0 saturated carbocycles. The second-order valence-corrected chi connectivity index (χ2v) is 4.23. The Morgan fingerprint density at radius 1 is 1.38 bits per heavy atom. The third kappa shape index (κ3) is 3.06. The normalized spacial score (nSPS) is 10.1. The minimum absolute atomic E-state index is 0.557. The molecule has 1 aromatic rings. The van der Waals surface area contributed by atoms with Gasteiger partial charge in [-0.1, -0.05) is 13.8 Å². The largest absolute Gasteiger partial charge is 0.481 e. The number of ether oxygens (including phenoxy) is 1. The molecule has 0 spiro atoms. The minimum Gasteiger partial charge on any atom is -0.481 e. The summed E-state index contributed by atoms with van der Waals surface area (Å²) in [5.41, 5.74) is 0.959. The Morgan fingerprint density at radius 2 is 2.06 bits per heavy atom. The molecule has 4 nitrogen and oxygen atoms in total. The van der Waals surface area contributed by atoms with Gasteiger partial charge in [0.1, 0.15) is 12.2 Å². The number of hydrogen-bond acceptors (Lipinski definition) is 4. The van der Waals surface area contributed by atoms with Crippen LogP contribution in [0.15, 0.2) is 5.38 Å². The first kappa shape index (κ1) is 12.7. The van der Waals surface area contributed by atoms with Crippen molar-refractivity contribution in [3.05, 3.63) is 15.8 Å². The number of hydrogen-bond donors (Lipinski definition) is 1. The first-order valence-electron chi connectivity index (χ1n) is 5.10. The summed E-state index contributed by atoms with van der Waals surface area (Å²) in [5, 5.41) is 10.4. The molecule has 0 saturated heterocycles. The number of carboxylic acids is 1. The van der Waals surface area contributed by atoms with E-state index in [1.54, 1.807) is 0 Å². The SMILES string of the molecule is CCc1csc(CC)c1OC(=O)CC(=O)O. The Bertz CT molecular complexity index is 373. The fraction of sp³-hybridized carbons (Fsp3) is 0.455. The van der Waals surface area contributed by atoms with Gasteiger partial charge in [0.25, 0.3) is 0 Å². The highest BCUT2D eigenvalue weighted by Crippen LogP contribution is 2.31. The van der Waals surface area contributed by atoms with E-state index in [0.717, 1.165) is 23.3 Å². The molecule has 1 heterocycles. The zero-order valence-corrected chi connectivity index (χ0v) is 10.1. The average molecular weight is 242 g/mol. The molecule has 88 valence electrons. The lowest BCUT2D eigenvalue weighted by atomic mass is 10.2. The summed E-state index contributed by atoms with van der Waals surface area (Å²) in [4.78, 5) is 22.6. The Balaban J connectivity index is 2.82. The van der Waals surface area contributed by atoms with Crippen LogP contribution in [0.2, 0.25) is 0 Å². The lowest BCUT2D eigenvalue weighted by Crippen LogP contribution is -2.14. The predicted octanol–water partition coefficient (Wildman–Crippen LogP) is 2.25. The number of aliphatic carboxylic acids is 1. The second-order valence-electron chi connectivity index (χ2n) is 3.26. The third-order valence-electron chi connectivity index (χ3n) is 2.10. The van der Waals surface area contributed by atoms with Gasteiger partial charge in [0, 0.05) is 10.4 Å². The fourth-order valence-electron chi connectivity index (χ4n) is 1.31. The maximum atomic E-state index is 11.3. The molecule has 1 aromatic heterocycles. The Hall–Kier alpha value is -1.36. The quantitative estimate of drug-likeness (QED) is 0.635.